The predicted molar refractivity (Wildman–Crippen MR) is 100 cm³/mol. The zero-order valence-electron chi connectivity index (χ0n) is 13.7. The minimum Gasteiger partial charge on any atom is -0.378 e. The number of hydrogen-bond acceptors (Lipinski definition) is 4. The average molecular weight is 386 g/mol. The van der Waals surface area contributed by atoms with Crippen LogP contribution in [-0.2, 0) is 11.3 Å². The fourth-order valence-electron chi connectivity index (χ4n) is 2.88. The van der Waals surface area contributed by atoms with Crippen molar-refractivity contribution in [2.75, 3.05) is 43.2 Å². The SMILES string of the molecule is CN(Cc1ccc(N2CCOCC2)cc1)c1ccc(C#N)cc1Br. The second-order valence-electron chi connectivity index (χ2n) is 5.90. The van der Waals surface area contributed by atoms with E-state index in [0.29, 0.717) is 5.56 Å². The Morgan fingerprint density at radius 2 is 1.88 bits per heavy atom. The molecule has 0 unspecified atom stereocenters. The van der Waals surface area contributed by atoms with Gasteiger partial charge in [-0.05, 0) is 51.8 Å². The number of halogens is 1. The summed E-state index contributed by atoms with van der Waals surface area (Å²) in [6.45, 7) is 4.33. The lowest BCUT2D eigenvalue weighted by Crippen LogP contribution is -2.36. The van der Waals surface area contributed by atoms with Gasteiger partial charge in [0.15, 0.2) is 0 Å². The molecule has 0 amide bonds. The molecule has 0 spiro atoms. The first kappa shape index (κ1) is 16.8. The molecule has 0 aromatic heterocycles. The minimum absolute atomic E-state index is 0.661. The van der Waals surface area contributed by atoms with Crippen LogP contribution in [-0.4, -0.2) is 33.4 Å². The summed E-state index contributed by atoms with van der Waals surface area (Å²) in [6.07, 6.45) is 0. The Balaban J connectivity index is 1.68. The first-order valence-corrected chi connectivity index (χ1v) is 8.79. The number of rotatable bonds is 4. The Morgan fingerprint density at radius 3 is 2.50 bits per heavy atom. The van der Waals surface area contributed by atoms with Crippen molar-refractivity contribution in [2.45, 2.75) is 6.54 Å². The molecule has 3 rings (SSSR count). The van der Waals surface area contributed by atoms with Gasteiger partial charge in [0.25, 0.3) is 0 Å². The Bertz CT molecular complexity index is 733. The van der Waals surface area contributed by atoms with Crippen LogP contribution in [0.3, 0.4) is 0 Å². The molecule has 2 aromatic rings. The van der Waals surface area contributed by atoms with E-state index in [4.69, 9.17) is 10.00 Å². The Morgan fingerprint density at radius 1 is 1.17 bits per heavy atom. The van der Waals surface area contributed by atoms with E-state index in [1.54, 1.807) is 0 Å². The maximum Gasteiger partial charge on any atom is 0.0992 e. The molecule has 24 heavy (non-hydrogen) atoms. The Hall–Kier alpha value is -2.03. The smallest absolute Gasteiger partial charge is 0.0992 e. The monoisotopic (exact) mass is 385 g/mol. The molecule has 0 N–H and O–H groups in total. The number of nitriles is 1. The standard InChI is InChI=1S/C19H20BrN3O/c1-22(19-7-4-16(13-21)12-18(19)20)14-15-2-5-17(6-3-15)23-8-10-24-11-9-23/h2-7,12H,8-11,14H2,1H3. The molecule has 0 radical (unpaired) electrons. The summed E-state index contributed by atoms with van der Waals surface area (Å²) < 4.78 is 6.34. The van der Waals surface area contributed by atoms with Crippen molar-refractivity contribution in [2.24, 2.45) is 0 Å². The van der Waals surface area contributed by atoms with Gasteiger partial charge in [0.2, 0.25) is 0 Å². The van der Waals surface area contributed by atoms with Crippen molar-refractivity contribution >= 4 is 27.3 Å². The summed E-state index contributed by atoms with van der Waals surface area (Å²) >= 11 is 3.55. The second-order valence-corrected chi connectivity index (χ2v) is 6.75. The maximum absolute atomic E-state index is 8.96. The molecule has 1 aliphatic rings. The van der Waals surface area contributed by atoms with Gasteiger partial charge in [0.1, 0.15) is 0 Å². The Labute approximate surface area is 151 Å². The molecule has 1 aliphatic heterocycles. The minimum atomic E-state index is 0.661. The molecule has 4 nitrogen and oxygen atoms in total. The highest BCUT2D eigenvalue weighted by molar-refractivity contribution is 9.10. The van der Waals surface area contributed by atoms with Crippen LogP contribution >= 0.6 is 15.9 Å². The lowest BCUT2D eigenvalue weighted by atomic mass is 10.1. The van der Waals surface area contributed by atoms with Crippen LogP contribution in [0.15, 0.2) is 46.9 Å². The quantitative estimate of drug-likeness (QED) is 0.802. The molecule has 0 aliphatic carbocycles. The largest absolute Gasteiger partial charge is 0.378 e. The zero-order chi connectivity index (χ0) is 16.9. The van der Waals surface area contributed by atoms with E-state index < -0.39 is 0 Å². The van der Waals surface area contributed by atoms with Crippen molar-refractivity contribution in [3.8, 4) is 6.07 Å². The highest BCUT2D eigenvalue weighted by Crippen LogP contribution is 2.28. The lowest BCUT2D eigenvalue weighted by Gasteiger charge is -2.29. The molecule has 1 fully saturated rings. The summed E-state index contributed by atoms with van der Waals surface area (Å²) in [6, 6.07) is 16.6. The fraction of sp³-hybridized carbons (Fsp3) is 0.316. The number of hydrogen-bond donors (Lipinski definition) is 0. The zero-order valence-corrected chi connectivity index (χ0v) is 15.3. The highest BCUT2D eigenvalue weighted by Gasteiger charge is 2.12. The number of anilines is 2. The van der Waals surface area contributed by atoms with Gasteiger partial charge in [0, 0.05) is 36.8 Å². The van der Waals surface area contributed by atoms with Crippen LogP contribution < -0.4 is 9.80 Å². The molecule has 0 atom stereocenters. The van der Waals surface area contributed by atoms with Gasteiger partial charge in [0.05, 0.1) is 30.5 Å². The molecule has 1 heterocycles. The topological polar surface area (TPSA) is 39.5 Å². The summed E-state index contributed by atoms with van der Waals surface area (Å²) in [7, 11) is 2.06. The predicted octanol–water partition coefficient (Wildman–Crippen LogP) is 3.79. The number of ether oxygens (including phenoxy) is 1. The molecule has 0 bridgehead atoms. The third kappa shape index (κ3) is 3.89. The van der Waals surface area contributed by atoms with E-state index in [1.165, 1.54) is 11.3 Å². The van der Waals surface area contributed by atoms with Gasteiger partial charge in [-0.1, -0.05) is 12.1 Å². The lowest BCUT2D eigenvalue weighted by molar-refractivity contribution is 0.122. The Kier molecular flexibility index (Phi) is 5.39. The van der Waals surface area contributed by atoms with Gasteiger partial charge < -0.3 is 14.5 Å². The van der Waals surface area contributed by atoms with Crippen molar-refractivity contribution in [1.29, 1.82) is 5.26 Å². The first-order chi connectivity index (χ1) is 11.7. The molecular formula is C19H20BrN3O. The highest BCUT2D eigenvalue weighted by atomic mass is 79.9. The van der Waals surface area contributed by atoms with Crippen LogP contribution in [0.25, 0.3) is 0 Å². The van der Waals surface area contributed by atoms with Crippen LogP contribution in [0.1, 0.15) is 11.1 Å². The van der Waals surface area contributed by atoms with Gasteiger partial charge in [-0.2, -0.15) is 5.26 Å². The van der Waals surface area contributed by atoms with Crippen molar-refractivity contribution in [1.82, 2.24) is 0 Å². The molecular weight excluding hydrogens is 366 g/mol. The number of nitrogens with zero attached hydrogens (tertiary/aromatic N) is 3. The second kappa shape index (κ2) is 7.69. The van der Waals surface area contributed by atoms with E-state index in [2.05, 4.69) is 63.1 Å². The van der Waals surface area contributed by atoms with Gasteiger partial charge in [-0.15, -0.1) is 0 Å². The third-order valence-electron chi connectivity index (χ3n) is 4.22. The van der Waals surface area contributed by atoms with Crippen LogP contribution in [0.2, 0.25) is 0 Å². The van der Waals surface area contributed by atoms with Crippen LogP contribution in [0.5, 0.6) is 0 Å². The summed E-state index contributed by atoms with van der Waals surface area (Å²) in [5, 5.41) is 8.96. The molecule has 1 saturated heterocycles. The van der Waals surface area contributed by atoms with E-state index in [-0.39, 0.29) is 0 Å². The van der Waals surface area contributed by atoms with Gasteiger partial charge in [-0.25, -0.2) is 0 Å². The van der Waals surface area contributed by atoms with Crippen molar-refractivity contribution in [3.63, 3.8) is 0 Å². The van der Waals surface area contributed by atoms with Crippen molar-refractivity contribution in [3.05, 3.63) is 58.1 Å². The molecule has 5 heteroatoms. The first-order valence-electron chi connectivity index (χ1n) is 8.00. The van der Waals surface area contributed by atoms with E-state index in [0.717, 1.165) is 43.0 Å². The van der Waals surface area contributed by atoms with Crippen LogP contribution in [0.4, 0.5) is 11.4 Å². The van der Waals surface area contributed by atoms with E-state index in [1.807, 2.05) is 18.2 Å². The summed E-state index contributed by atoms with van der Waals surface area (Å²) in [5.41, 5.74) is 4.25. The summed E-state index contributed by atoms with van der Waals surface area (Å²) in [5.74, 6) is 0. The number of benzene rings is 2. The maximum atomic E-state index is 8.96. The van der Waals surface area contributed by atoms with E-state index >= 15 is 0 Å². The third-order valence-corrected chi connectivity index (χ3v) is 4.86. The average Bonchev–Trinajstić information content (AvgIpc) is 2.63. The van der Waals surface area contributed by atoms with Gasteiger partial charge in [-0.3, -0.25) is 0 Å². The fourth-order valence-corrected chi connectivity index (χ4v) is 3.56. The summed E-state index contributed by atoms with van der Waals surface area (Å²) in [4.78, 5) is 4.53. The van der Waals surface area contributed by atoms with E-state index in [9.17, 15) is 0 Å². The molecule has 0 saturated carbocycles. The van der Waals surface area contributed by atoms with Crippen LogP contribution in [0, 0.1) is 11.3 Å². The normalized spacial score (nSPS) is 14.3. The van der Waals surface area contributed by atoms with Crippen molar-refractivity contribution < 1.29 is 4.74 Å². The van der Waals surface area contributed by atoms with Gasteiger partial charge >= 0.3 is 0 Å². The molecule has 124 valence electrons. The molecule has 2 aromatic carbocycles. The number of morpholine rings is 1.